The van der Waals surface area contributed by atoms with Gasteiger partial charge in [0.15, 0.2) is 0 Å². The SMILES string of the molecule is CC(CCCC(C)C(=O)O)NCC(=O)NC(N)=O. The number of hydrogen-bond donors (Lipinski definition) is 4. The maximum Gasteiger partial charge on any atom is 0.318 e. The fraction of sp³-hybridized carbons (Fsp3) is 0.727. The van der Waals surface area contributed by atoms with Gasteiger partial charge in [-0.3, -0.25) is 14.9 Å². The van der Waals surface area contributed by atoms with Crippen molar-refractivity contribution in [3.05, 3.63) is 0 Å². The standard InChI is InChI=1S/C11H21N3O4/c1-7(10(16)17)4-3-5-8(2)13-6-9(15)14-11(12)18/h7-8,13H,3-6H2,1-2H3,(H,16,17)(H3,12,14,15,18). The monoisotopic (exact) mass is 259 g/mol. The topological polar surface area (TPSA) is 122 Å². The third kappa shape index (κ3) is 8.51. The molecule has 18 heavy (non-hydrogen) atoms. The van der Waals surface area contributed by atoms with Gasteiger partial charge in [0.1, 0.15) is 0 Å². The molecule has 0 saturated carbocycles. The van der Waals surface area contributed by atoms with Gasteiger partial charge in [-0.05, 0) is 19.8 Å². The van der Waals surface area contributed by atoms with E-state index in [0.717, 1.165) is 12.8 Å². The lowest BCUT2D eigenvalue weighted by atomic mass is 10.0. The molecule has 0 aromatic heterocycles. The maximum absolute atomic E-state index is 11.1. The molecule has 2 atom stereocenters. The summed E-state index contributed by atoms with van der Waals surface area (Å²) >= 11 is 0. The highest BCUT2D eigenvalue weighted by Crippen LogP contribution is 2.09. The molecule has 104 valence electrons. The Morgan fingerprint density at radius 2 is 1.83 bits per heavy atom. The summed E-state index contributed by atoms with van der Waals surface area (Å²) in [6.45, 7) is 3.57. The number of carbonyl (C=O) groups excluding carboxylic acids is 2. The minimum absolute atomic E-state index is 0.0125. The van der Waals surface area contributed by atoms with E-state index in [1.54, 1.807) is 6.92 Å². The normalized spacial score (nSPS) is 13.7. The Hall–Kier alpha value is -1.63. The minimum Gasteiger partial charge on any atom is -0.481 e. The summed E-state index contributed by atoms with van der Waals surface area (Å²) < 4.78 is 0. The van der Waals surface area contributed by atoms with Crippen LogP contribution in [0.3, 0.4) is 0 Å². The zero-order valence-electron chi connectivity index (χ0n) is 10.7. The Morgan fingerprint density at radius 3 is 2.33 bits per heavy atom. The molecule has 0 bridgehead atoms. The van der Waals surface area contributed by atoms with Crippen molar-refractivity contribution >= 4 is 17.9 Å². The first kappa shape index (κ1) is 16.4. The van der Waals surface area contributed by atoms with Gasteiger partial charge >= 0.3 is 12.0 Å². The summed E-state index contributed by atoms with van der Waals surface area (Å²) in [7, 11) is 0. The second-order valence-corrected chi connectivity index (χ2v) is 4.36. The average molecular weight is 259 g/mol. The number of rotatable bonds is 8. The highest BCUT2D eigenvalue weighted by molar-refractivity contribution is 5.94. The van der Waals surface area contributed by atoms with Crippen LogP contribution in [-0.4, -0.2) is 35.6 Å². The predicted octanol–water partition coefficient (Wildman–Crippen LogP) is 0.0504. The number of amides is 3. The Bertz CT molecular complexity index is 307. The summed E-state index contributed by atoms with van der Waals surface area (Å²) in [5, 5.41) is 13.6. The van der Waals surface area contributed by atoms with Gasteiger partial charge in [0.2, 0.25) is 5.91 Å². The van der Waals surface area contributed by atoms with Gasteiger partial charge in [-0.15, -0.1) is 0 Å². The van der Waals surface area contributed by atoms with Crippen LogP contribution >= 0.6 is 0 Å². The van der Waals surface area contributed by atoms with Gasteiger partial charge in [-0.2, -0.15) is 0 Å². The first-order valence-corrected chi connectivity index (χ1v) is 5.88. The molecule has 0 spiro atoms. The smallest absolute Gasteiger partial charge is 0.318 e. The van der Waals surface area contributed by atoms with Crippen LogP contribution in [0.4, 0.5) is 4.79 Å². The number of carboxylic acid groups (broad SMARTS) is 1. The number of nitrogens with two attached hydrogens (primary N) is 1. The molecule has 0 aliphatic heterocycles. The van der Waals surface area contributed by atoms with Gasteiger partial charge in [0.25, 0.3) is 0 Å². The van der Waals surface area contributed by atoms with E-state index in [0.29, 0.717) is 6.42 Å². The zero-order valence-corrected chi connectivity index (χ0v) is 10.7. The Labute approximate surface area is 106 Å². The molecule has 5 N–H and O–H groups in total. The summed E-state index contributed by atoms with van der Waals surface area (Å²) in [6.07, 6.45) is 2.13. The summed E-state index contributed by atoms with van der Waals surface area (Å²) in [6, 6.07) is -0.797. The van der Waals surface area contributed by atoms with Crippen LogP contribution in [0.2, 0.25) is 0 Å². The molecule has 0 aliphatic rings. The van der Waals surface area contributed by atoms with Crippen LogP contribution < -0.4 is 16.4 Å². The lowest BCUT2D eigenvalue weighted by molar-refractivity contribution is -0.141. The van der Waals surface area contributed by atoms with Crippen molar-refractivity contribution in [2.75, 3.05) is 6.54 Å². The van der Waals surface area contributed by atoms with Crippen LogP contribution in [0, 0.1) is 5.92 Å². The van der Waals surface area contributed by atoms with E-state index in [2.05, 4.69) is 5.32 Å². The maximum atomic E-state index is 11.1. The van der Waals surface area contributed by atoms with Gasteiger partial charge in [0.05, 0.1) is 12.5 Å². The van der Waals surface area contributed by atoms with E-state index in [-0.39, 0.29) is 18.5 Å². The molecule has 0 radical (unpaired) electrons. The molecule has 0 rings (SSSR count). The molecule has 0 aromatic rings. The fourth-order valence-corrected chi connectivity index (χ4v) is 1.40. The number of urea groups is 1. The second-order valence-electron chi connectivity index (χ2n) is 4.36. The molecule has 2 unspecified atom stereocenters. The van der Waals surface area contributed by atoms with E-state index in [4.69, 9.17) is 10.8 Å². The van der Waals surface area contributed by atoms with Crippen molar-refractivity contribution in [1.82, 2.24) is 10.6 Å². The summed E-state index contributed by atoms with van der Waals surface area (Å²) in [5.41, 5.74) is 4.79. The molecular formula is C11H21N3O4. The largest absolute Gasteiger partial charge is 0.481 e. The van der Waals surface area contributed by atoms with Crippen molar-refractivity contribution in [1.29, 1.82) is 0 Å². The fourth-order valence-electron chi connectivity index (χ4n) is 1.40. The molecule has 7 heteroatoms. The zero-order chi connectivity index (χ0) is 14.1. The first-order chi connectivity index (χ1) is 8.32. The number of primary amides is 1. The number of hydrogen-bond acceptors (Lipinski definition) is 4. The number of carboxylic acids is 1. The van der Waals surface area contributed by atoms with Gasteiger partial charge in [0, 0.05) is 6.04 Å². The Balaban J connectivity index is 3.65. The van der Waals surface area contributed by atoms with Crippen molar-refractivity contribution in [2.24, 2.45) is 11.7 Å². The molecule has 0 saturated heterocycles. The molecule has 7 nitrogen and oxygen atoms in total. The molecule has 0 aromatic carbocycles. The van der Waals surface area contributed by atoms with E-state index < -0.39 is 17.9 Å². The summed E-state index contributed by atoms with van der Waals surface area (Å²) in [4.78, 5) is 32.0. The van der Waals surface area contributed by atoms with Crippen LogP contribution in [0.1, 0.15) is 33.1 Å². The quantitative estimate of drug-likeness (QED) is 0.490. The third-order valence-corrected chi connectivity index (χ3v) is 2.57. The number of nitrogens with one attached hydrogen (secondary N) is 2. The molecular weight excluding hydrogens is 238 g/mol. The third-order valence-electron chi connectivity index (χ3n) is 2.57. The highest BCUT2D eigenvalue weighted by Gasteiger charge is 2.11. The lowest BCUT2D eigenvalue weighted by Gasteiger charge is -2.13. The van der Waals surface area contributed by atoms with Crippen LogP contribution in [-0.2, 0) is 9.59 Å². The molecule has 0 heterocycles. The van der Waals surface area contributed by atoms with Crippen LogP contribution in [0.15, 0.2) is 0 Å². The van der Waals surface area contributed by atoms with E-state index >= 15 is 0 Å². The second kappa shape index (κ2) is 8.46. The van der Waals surface area contributed by atoms with Crippen molar-refractivity contribution < 1.29 is 19.5 Å². The van der Waals surface area contributed by atoms with Gasteiger partial charge in [-0.25, -0.2) is 4.79 Å². The Morgan fingerprint density at radius 1 is 1.22 bits per heavy atom. The van der Waals surface area contributed by atoms with Crippen LogP contribution in [0.5, 0.6) is 0 Å². The lowest BCUT2D eigenvalue weighted by Crippen LogP contribution is -2.42. The van der Waals surface area contributed by atoms with E-state index in [1.165, 1.54) is 0 Å². The van der Waals surface area contributed by atoms with Crippen LogP contribution in [0.25, 0.3) is 0 Å². The number of aliphatic carboxylic acids is 1. The molecule has 0 fully saturated rings. The number of imide groups is 1. The van der Waals surface area contributed by atoms with Crippen molar-refractivity contribution in [3.8, 4) is 0 Å². The van der Waals surface area contributed by atoms with Crippen molar-refractivity contribution in [2.45, 2.75) is 39.2 Å². The van der Waals surface area contributed by atoms with Gasteiger partial charge in [-0.1, -0.05) is 13.3 Å². The minimum atomic E-state index is -0.871. The van der Waals surface area contributed by atoms with E-state index in [9.17, 15) is 14.4 Å². The van der Waals surface area contributed by atoms with Crippen molar-refractivity contribution in [3.63, 3.8) is 0 Å². The predicted molar refractivity (Wildman–Crippen MR) is 65.8 cm³/mol. The Kier molecular flexibility index (Phi) is 7.69. The number of carbonyl (C=O) groups is 3. The first-order valence-electron chi connectivity index (χ1n) is 5.88. The van der Waals surface area contributed by atoms with E-state index in [1.807, 2.05) is 12.2 Å². The van der Waals surface area contributed by atoms with Gasteiger partial charge < -0.3 is 16.2 Å². The molecule has 0 aliphatic carbocycles. The molecule has 3 amide bonds. The highest BCUT2D eigenvalue weighted by atomic mass is 16.4. The summed E-state index contributed by atoms with van der Waals surface area (Å²) in [5.74, 6) is -1.62. The average Bonchev–Trinajstić information content (AvgIpc) is 2.25.